The highest BCUT2D eigenvalue weighted by Gasteiger charge is 2.10. The van der Waals surface area contributed by atoms with Gasteiger partial charge in [0.2, 0.25) is 0 Å². The molecule has 0 aliphatic heterocycles. The third-order valence-electron chi connectivity index (χ3n) is 3.06. The van der Waals surface area contributed by atoms with Crippen LogP contribution < -0.4 is 4.90 Å². The molecule has 21 heavy (non-hydrogen) atoms. The smallest absolute Gasteiger partial charge is 0.330 e. The molecule has 2 aromatic heterocycles. The molecule has 0 unspecified atom stereocenters. The molecular formula is C15H17N3O3. The third kappa shape index (κ3) is 3.28. The van der Waals surface area contributed by atoms with Crippen molar-refractivity contribution in [2.45, 2.75) is 6.92 Å². The highest BCUT2D eigenvalue weighted by atomic mass is 16.5. The minimum absolute atomic E-state index is 0.280. The first-order chi connectivity index (χ1) is 10.0. The SMILES string of the molecule is CCOC(=O)/C=C\C(=O)N(C)c1cnc2c(ccn2C)c1. The number of likely N-dealkylation sites (N-methyl/N-ethyl adjacent to an activating group) is 1. The number of hydrogen-bond donors (Lipinski definition) is 0. The molecule has 110 valence electrons. The predicted octanol–water partition coefficient (Wildman–Crippen LogP) is 1.66. The van der Waals surface area contributed by atoms with Gasteiger partial charge in [0.15, 0.2) is 0 Å². The summed E-state index contributed by atoms with van der Waals surface area (Å²) in [6.07, 6.45) is 5.84. The summed E-state index contributed by atoms with van der Waals surface area (Å²) < 4.78 is 6.63. The Labute approximate surface area is 122 Å². The van der Waals surface area contributed by atoms with Gasteiger partial charge >= 0.3 is 5.97 Å². The summed E-state index contributed by atoms with van der Waals surface area (Å²) in [5, 5.41) is 0.948. The number of nitrogens with zero attached hydrogens (tertiary/aromatic N) is 3. The number of amides is 1. The Morgan fingerprint density at radius 2 is 2.19 bits per heavy atom. The van der Waals surface area contributed by atoms with E-state index in [0.717, 1.165) is 17.1 Å². The van der Waals surface area contributed by atoms with E-state index in [9.17, 15) is 9.59 Å². The van der Waals surface area contributed by atoms with E-state index in [2.05, 4.69) is 4.98 Å². The average Bonchev–Trinajstić information content (AvgIpc) is 2.85. The molecule has 2 aromatic rings. The van der Waals surface area contributed by atoms with Crippen molar-refractivity contribution in [1.82, 2.24) is 9.55 Å². The standard InChI is InChI=1S/C15H17N3O3/c1-4-21-14(20)6-5-13(19)18(3)12-9-11-7-8-17(2)15(11)16-10-12/h5-10H,4H2,1-3H3/b6-5-. The van der Waals surface area contributed by atoms with Crippen molar-refractivity contribution in [1.29, 1.82) is 0 Å². The summed E-state index contributed by atoms with van der Waals surface area (Å²) in [7, 11) is 3.54. The van der Waals surface area contributed by atoms with Gasteiger partial charge in [-0.15, -0.1) is 0 Å². The molecule has 0 saturated carbocycles. The molecule has 0 bridgehead atoms. The maximum Gasteiger partial charge on any atom is 0.330 e. The van der Waals surface area contributed by atoms with Crippen LogP contribution in [0.3, 0.4) is 0 Å². The number of carbonyl (C=O) groups is 2. The first kappa shape index (κ1) is 14.8. The molecule has 6 heteroatoms. The zero-order valence-corrected chi connectivity index (χ0v) is 12.2. The topological polar surface area (TPSA) is 64.4 Å². The number of aromatic nitrogens is 2. The van der Waals surface area contributed by atoms with Crippen LogP contribution in [0.2, 0.25) is 0 Å². The van der Waals surface area contributed by atoms with Crippen molar-refractivity contribution in [3.05, 3.63) is 36.7 Å². The van der Waals surface area contributed by atoms with Crippen LogP contribution >= 0.6 is 0 Å². The Balaban J connectivity index is 2.15. The lowest BCUT2D eigenvalue weighted by atomic mass is 10.3. The number of esters is 1. The van der Waals surface area contributed by atoms with Gasteiger partial charge in [-0.1, -0.05) is 0 Å². The van der Waals surface area contributed by atoms with Gasteiger partial charge in [-0.25, -0.2) is 9.78 Å². The minimum Gasteiger partial charge on any atom is -0.463 e. The second kappa shape index (κ2) is 6.21. The normalized spacial score (nSPS) is 11.0. The zero-order chi connectivity index (χ0) is 15.4. The Hall–Kier alpha value is -2.63. The quantitative estimate of drug-likeness (QED) is 0.633. The van der Waals surface area contributed by atoms with Crippen LogP contribution in [0, 0.1) is 0 Å². The van der Waals surface area contributed by atoms with E-state index >= 15 is 0 Å². The summed E-state index contributed by atoms with van der Waals surface area (Å²) >= 11 is 0. The van der Waals surface area contributed by atoms with Crippen molar-refractivity contribution in [3.8, 4) is 0 Å². The van der Waals surface area contributed by atoms with E-state index in [4.69, 9.17) is 4.74 Å². The van der Waals surface area contributed by atoms with Gasteiger partial charge in [0.1, 0.15) is 5.65 Å². The van der Waals surface area contributed by atoms with Crippen molar-refractivity contribution in [2.75, 3.05) is 18.6 Å². The van der Waals surface area contributed by atoms with Crippen LogP contribution in [0.1, 0.15) is 6.92 Å². The number of aryl methyl sites for hydroxylation is 1. The fourth-order valence-electron chi connectivity index (χ4n) is 1.90. The Kier molecular flexibility index (Phi) is 4.37. The van der Waals surface area contributed by atoms with Crippen molar-refractivity contribution in [2.24, 2.45) is 7.05 Å². The summed E-state index contributed by atoms with van der Waals surface area (Å²) in [6, 6.07) is 3.80. The molecule has 2 heterocycles. The average molecular weight is 287 g/mol. The van der Waals surface area contributed by atoms with Gasteiger partial charge < -0.3 is 14.2 Å². The van der Waals surface area contributed by atoms with Crippen LogP contribution in [0.5, 0.6) is 0 Å². The van der Waals surface area contributed by atoms with Crippen LogP contribution in [0.15, 0.2) is 36.7 Å². The van der Waals surface area contributed by atoms with Crippen molar-refractivity contribution in [3.63, 3.8) is 0 Å². The van der Waals surface area contributed by atoms with Gasteiger partial charge in [0, 0.05) is 37.8 Å². The molecule has 0 aliphatic carbocycles. The number of hydrogen-bond acceptors (Lipinski definition) is 4. The maximum atomic E-state index is 12.0. The van der Waals surface area contributed by atoms with E-state index in [1.165, 1.54) is 11.0 Å². The van der Waals surface area contributed by atoms with E-state index in [0.29, 0.717) is 5.69 Å². The number of pyridine rings is 1. The fraction of sp³-hybridized carbons (Fsp3) is 0.267. The first-order valence-electron chi connectivity index (χ1n) is 6.56. The second-order valence-corrected chi connectivity index (χ2v) is 4.52. The van der Waals surface area contributed by atoms with E-state index < -0.39 is 5.97 Å². The van der Waals surface area contributed by atoms with Gasteiger partial charge in [0.05, 0.1) is 18.5 Å². The molecule has 6 nitrogen and oxygen atoms in total. The van der Waals surface area contributed by atoms with E-state index in [1.807, 2.05) is 29.9 Å². The molecule has 0 aromatic carbocycles. The molecule has 0 radical (unpaired) electrons. The summed E-state index contributed by atoms with van der Waals surface area (Å²) in [6.45, 7) is 1.99. The van der Waals surface area contributed by atoms with Crippen molar-refractivity contribution < 1.29 is 14.3 Å². The van der Waals surface area contributed by atoms with Crippen LogP contribution in [0.4, 0.5) is 5.69 Å². The van der Waals surface area contributed by atoms with Gasteiger partial charge in [-0.3, -0.25) is 4.79 Å². The lowest BCUT2D eigenvalue weighted by molar-refractivity contribution is -0.137. The van der Waals surface area contributed by atoms with Crippen LogP contribution in [0.25, 0.3) is 11.0 Å². The fourth-order valence-corrected chi connectivity index (χ4v) is 1.90. The molecule has 1 amide bonds. The zero-order valence-electron chi connectivity index (χ0n) is 12.2. The Bertz CT molecular complexity index is 703. The highest BCUT2D eigenvalue weighted by Crippen LogP contribution is 2.19. The number of fused-ring (bicyclic) bond motifs is 1. The highest BCUT2D eigenvalue weighted by molar-refractivity contribution is 6.04. The first-order valence-corrected chi connectivity index (χ1v) is 6.56. The van der Waals surface area contributed by atoms with Gasteiger partial charge in [-0.05, 0) is 19.1 Å². The molecule has 2 rings (SSSR count). The molecule has 0 fully saturated rings. The number of anilines is 1. The Morgan fingerprint density at radius 1 is 1.43 bits per heavy atom. The van der Waals surface area contributed by atoms with Crippen LogP contribution in [-0.4, -0.2) is 35.1 Å². The second-order valence-electron chi connectivity index (χ2n) is 4.52. The van der Waals surface area contributed by atoms with Gasteiger partial charge in [-0.2, -0.15) is 0 Å². The lowest BCUT2D eigenvalue weighted by Crippen LogP contribution is -2.24. The van der Waals surface area contributed by atoms with E-state index in [1.54, 1.807) is 20.2 Å². The summed E-state index contributed by atoms with van der Waals surface area (Å²) in [5.41, 5.74) is 1.51. The molecule has 0 saturated heterocycles. The van der Waals surface area contributed by atoms with Crippen molar-refractivity contribution >= 4 is 28.6 Å². The molecule has 0 spiro atoms. The van der Waals surface area contributed by atoms with E-state index in [-0.39, 0.29) is 12.5 Å². The van der Waals surface area contributed by atoms with Gasteiger partial charge in [0.25, 0.3) is 5.91 Å². The molecule has 0 aliphatic rings. The maximum absolute atomic E-state index is 12.0. The number of carbonyl (C=O) groups excluding carboxylic acids is 2. The third-order valence-corrected chi connectivity index (χ3v) is 3.06. The predicted molar refractivity (Wildman–Crippen MR) is 79.9 cm³/mol. The monoisotopic (exact) mass is 287 g/mol. The molecular weight excluding hydrogens is 270 g/mol. The summed E-state index contributed by atoms with van der Waals surface area (Å²) in [5.74, 6) is -0.851. The Morgan fingerprint density at radius 3 is 2.90 bits per heavy atom. The largest absolute Gasteiger partial charge is 0.463 e. The minimum atomic E-state index is -0.532. The number of ether oxygens (including phenoxy) is 1. The summed E-state index contributed by atoms with van der Waals surface area (Å²) in [4.78, 5) is 28.9. The van der Waals surface area contributed by atoms with Crippen LogP contribution in [-0.2, 0) is 21.4 Å². The molecule has 0 N–H and O–H groups in total. The molecule has 0 atom stereocenters. The lowest BCUT2D eigenvalue weighted by Gasteiger charge is -2.14. The number of rotatable bonds is 4.